The van der Waals surface area contributed by atoms with Crippen LogP contribution >= 0.6 is 0 Å². The van der Waals surface area contributed by atoms with E-state index < -0.39 is 120 Å². The molecule has 56 heavy (non-hydrogen) atoms. The standard InChI is InChI=1S/C42H72O14/c1-20(2)10-9-13-42(8,56-37-34(52)32(50)30(48)25(19-44)55-37)21-11-15-40(6)28(21)22(45)16-26-39(5)14-12-27(46)38(3,4)35(39)23(17-41(26,40)7)53-36-33(51)31(49)29(47)24(18-43)54-36/h10,21-37,43-52H,9,11-19H2,1-8H3/t21-,22+,23-,24+,25+,26+,27-,28-,29+,30+,31-,32-,33+,34+,35?,36+,37-,39+,40+,41+,42-/m0/s1. The van der Waals surface area contributed by atoms with Crippen LogP contribution in [0.15, 0.2) is 11.6 Å². The first-order valence-corrected chi connectivity index (χ1v) is 21.0. The summed E-state index contributed by atoms with van der Waals surface area (Å²) in [5.41, 5.74) is -1.92. The minimum absolute atomic E-state index is 0.000258. The Hall–Kier alpha value is -0.820. The van der Waals surface area contributed by atoms with Crippen LogP contribution in [0, 0.1) is 45.3 Å². The van der Waals surface area contributed by atoms with Crippen LogP contribution in [0.2, 0.25) is 0 Å². The molecule has 21 atom stereocenters. The van der Waals surface area contributed by atoms with E-state index in [0.29, 0.717) is 44.9 Å². The Labute approximate surface area is 331 Å². The minimum atomic E-state index is -1.61. The molecule has 6 fully saturated rings. The van der Waals surface area contributed by atoms with Gasteiger partial charge in [0, 0.05) is 0 Å². The molecule has 1 unspecified atom stereocenters. The topological polar surface area (TPSA) is 239 Å². The lowest BCUT2D eigenvalue weighted by Crippen LogP contribution is -2.71. The molecule has 0 bridgehead atoms. The second-order valence-electron chi connectivity index (χ2n) is 20.2. The summed E-state index contributed by atoms with van der Waals surface area (Å²) >= 11 is 0. The molecule has 0 aromatic carbocycles. The largest absolute Gasteiger partial charge is 0.394 e. The van der Waals surface area contributed by atoms with Crippen LogP contribution in [0.3, 0.4) is 0 Å². The van der Waals surface area contributed by atoms with Crippen molar-refractivity contribution in [1.82, 2.24) is 0 Å². The van der Waals surface area contributed by atoms with Gasteiger partial charge in [0.1, 0.15) is 48.8 Å². The number of aliphatic hydroxyl groups excluding tert-OH is 10. The quantitative estimate of drug-likeness (QED) is 0.110. The monoisotopic (exact) mass is 800 g/mol. The Kier molecular flexibility index (Phi) is 12.7. The molecule has 0 aromatic rings. The van der Waals surface area contributed by atoms with E-state index >= 15 is 0 Å². The molecule has 4 aliphatic carbocycles. The second-order valence-corrected chi connectivity index (χ2v) is 20.2. The highest BCUT2D eigenvalue weighted by atomic mass is 16.7. The highest BCUT2D eigenvalue weighted by Gasteiger charge is 2.74. The molecule has 14 nitrogen and oxygen atoms in total. The van der Waals surface area contributed by atoms with Crippen LogP contribution in [0.25, 0.3) is 0 Å². The highest BCUT2D eigenvalue weighted by molar-refractivity contribution is 5.22. The van der Waals surface area contributed by atoms with E-state index in [1.54, 1.807) is 0 Å². The van der Waals surface area contributed by atoms with Gasteiger partial charge in [-0.15, -0.1) is 0 Å². The van der Waals surface area contributed by atoms with E-state index in [1.165, 1.54) is 0 Å². The van der Waals surface area contributed by atoms with Gasteiger partial charge in [0.05, 0.1) is 37.1 Å². The van der Waals surface area contributed by atoms with Crippen molar-refractivity contribution in [2.75, 3.05) is 13.2 Å². The van der Waals surface area contributed by atoms with Gasteiger partial charge in [0.25, 0.3) is 0 Å². The van der Waals surface area contributed by atoms with Crippen molar-refractivity contribution < 1.29 is 70.0 Å². The molecule has 0 radical (unpaired) electrons. The molecule has 324 valence electrons. The van der Waals surface area contributed by atoms with Gasteiger partial charge in [-0.05, 0) is 117 Å². The first kappa shape index (κ1) is 44.7. The van der Waals surface area contributed by atoms with Crippen LogP contribution in [0.5, 0.6) is 0 Å². The Balaban J connectivity index is 1.39. The van der Waals surface area contributed by atoms with Crippen molar-refractivity contribution in [2.45, 2.75) is 192 Å². The first-order valence-electron chi connectivity index (χ1n) is 21.0. The van der Waals surface area contributed by atoms with Crippen molar-refractivity contribution in [3.05, 3.63) is 11.6 Å². The van der Waals surface area contributed by atoms with E-state index in [0.717, 1.165) is 12.0 Å². The molecule has 2 aliphatic heterocycles. The summed E-state index contributed by atoms with van der Waals surface area (Å²) < 4.78 is 25.4. The molecule has 10 N–H and O–H groups in total. The molecule has 14 heteroatoms. The van der Waals surface area contributed by atoms with Crippen molar-refractivity contribution in [3.63, 3.8) is 0 Å². The van der Waals surface area contributed by atoms with Gasteiger partial charge < -0.3 is 70.0 Å². The number of rotatable bonds is 10. The maximum Gasteiger partial charge on any atom is 0.187 e. The zero-order chi connectivity index (χ0) is 41.5. The second kappa shape index (κ2) is 15.9. The summed E-state index contributed by atoms with van der Waals surface area (Å²) in [5, 5.41) is 109. The zero-order valence-electron chi connectivity index (χ0n) is 34.6. The zero-order valence-corrected chi connectivity index (χ0v) is 34.6. The summed E-state index contributed by atoms with van der Waals surface area (Å²) in [6, 6.07) is 0. The third-order valence-corrected chi connectivity index (χ3v) is 16.6. The molecule has 0 spiro atoms. The molecule has 6 aliphatic rings. The number of hydrogen-bond acceptors (Lipinski definition) is 14. The van der Waals surface area contributed by atoms with E-state index in [4.69, 9.17) is 18.9 Å². The van der Waals surface area contributed by atoms with E-state index in [2.05, 4.69) is 26.8 Å². The molecular formula is C42H72O14. The Morgan fingerprint density at radius 1 is 0.750 bits per heavy atom. The maximum absolute atomic E-state index is 12.6. The van der Waals surface area contributed by atoms with Gasteiger partial charge in [0.2, 0.25) is 0 Å². The normalized spacial score (nSPS) is 52.6. The number of fused-ring (bicyclic) bond motifs is 5. The fraction of sp³-hybridized carbons (Fsp3) is 0.952. The third-order valence-electron chi connectivity index (χ3n) is 16.6. The summed E-state index contributed by atoms with van der Waals surface area (Å²) in [6.45, 7) is 15.7. The van der Waals surface area contributed by atoms with Gasteiger partial charge in [-0.2, -0.15) is 0 Å². The summed E-state index contributed by atoms with van der Waals surface area (Å²) in [5.74, 6) is -0.781. The van der Waals surface area contributed by atoms with Gasteiger partial charge in [0.15, 0.2) is 12.6 Å². The van der Waals surface area contributed by atoms with Crippen molar-refractivity contribution in [1.29, 1.82) is 0 Å². The Morgan fingerprint density at radius 2 is 1.32 bits per heavy atom. The van der Waals surface area contributed by atoms with E-state index in [-0.39, 0.29) is 23.7 Å². The molecule has 0 aromatic heterocycles. The smallest absolute Gasteiger partial charge is 0.187 e. The number of hydrogen-bond donors (Lipinski definition) is 10. The van der Waals surface area contributed by atoms with Gasteiger partial charge in [-0.1, -0.05) is 46.3 Å². The lowest BCUT2D eigenvalue weighted by atomic mass is 9.34. The summed E-state index contributed by atoms with van der Waals surface area (Å²) in [4.78, 5) is 0. The molecule has 0 amide bonds. The van der Waals surface area contributed by atoms with Crippen LogP contribution in [0.1, 0.15) is 107 Å². The molecule has 4 saturated carbocycles. The average Bonchev–Trinajstić information content (AvgIpc) is 3.52. The molecular weight excluding hydrogens is 728 g/mol. The average molecular weight is 801 g/mol. The van der Waals surface area contributed by atoms with Crippen molar-refractivity contribution in [2.24, 2.45) is 45.3 Å². The Bertz CT molecular complexity index is 1400. The number of ether oxygens (including phenoxy) is 4. The fourth-order valence-corrected chi connectivity index (χ4v) is 13.5. The molecule has 2 heterocycles. The van der Waals surface area contributed by atoms with E-state index in [9.17, 15) is 51.1 Å². The molecule has 6 rings (SSSR count). The minimum Gasteiger partial charge on any atom is -0.394 e. The van der Waals surface area contributed by atoms with Crippen LogP contribution < -0.4 is 0 Å². The lowest BCUT2D eigenvalue weighted by Gasteiger charge is -2.72. The van der Waals surface area contributed by atoms with E-state index in [1.807, 2.05) is 34.6 Å². The number of allylic oxidation sites excluding steroid dienone is 2. The van der Waals surface area contributed by atoms with Crippen molar-refractivity contribution >= 4 is 0 Å². The fourth-order valence-electron chi connectivity index (χ4n) is 13.5. The molecule has 2 saturated heterocycles. The first-order chi connectivity index (χ1) is 26.0. The van der Waals surface area contributed by atoms with Gasteiger partial charge >= 0.3 is 0 Å². The predicted octanol–water partition coefficient (Wildman–Crippen LogP) is 1.12. The Morgan fingerprint density at radius 3 is 1.89 bits per heavy atom. The maximum atomic E-state index is 12.6. The van der Waals surface area contributed by atoms with Crippen LogP contribution in [-0.2, 0) is 18.9 Å². The number of aliphatic hydroxyl groups is 10. The van der Waals surface area contributed by atoms with Gasteiger partial charge in [-0.3, -0.25) is 0 Å². The third kappa shape index (κ3) is 7.06. The highest BCUT2D eigenvalue weighted by Crippen LogP contribution is 2.76. The SMILES string of the molecule is CC(C)=CCC[C@](C)(O[C@@H]1O[C@H](CO)[C@@H](O)[C@H](O)[C@H]1O)[C@H]1CC[C@]2(C)[C@@H]1[C@H](O)C[C@@H]1[C@@]3(C)CC[C@H](O)C(C)(C)C3[C@@H](O[C@@H]3O[C@H](CO)[C@@H](O)[C@H](O)[C@H]3O)C[C@]12C. The van der Waals surface area contributed by atoms with Crippen molar-refractivity contribution in [3.8, 4) is 0 Å². The van der Waals surface area contributed by atoms with Gasteiger partial charge in [-0.25, -0.2) is 0 Å². The summed E-state index contributed by atoms with van der Waals surface area (Å²) in [7, 11) is 0. The van der Waals surface area contributed by atoms with Crippen LogP contribution in [-0.4, -0.2) is 150 Å². The lowest BCUT2D eigenvalue weighted by molar-refractivity contribution is -0.349. The summed E-state index contributed by atoms with van der Waals surface area (Å²) in [6.07, 6.45) is -9.52. The van der Waals surface area contributed by atoms with Crippen LogP contribution in [0.4, 0.5) is 0 Å². The predicted molar refractivity (Wildman–Crippen MR) is 202 cm³/mol.